The van der Waals surface area contributed by atoms with E-state index in [1.807, 2.05) is 6.07 Å². The van der Waals surface area contributed by atoms with Gasteiger partial charge in [-0.2, -0.15) is 18.3 Å². The number of rotatable bonds is 2. The van der Waals surface area contributed by atoms with Crippen LogP contribution in [0.25, 0.3) is 0 Å². The number of anilines is 1. The number of hydrogen-bond acceptors (Lipinski definition) is 5. The van der Waals surface area contributed by atoms with Crippen molar-refractivity contribution in [1.29, 1.82) is 0 Å². The van der Waals surface area contributed by atoms with Crippen LogP contribution < -0.4 is 14.8 Å². The molecule has 2 amide bonds. The van der Waals surface area contributed by atoms with Gasteiger partial charge in [0.05, 0.1) is 18.8 Å². The number of aromatic nitrogens is 2. The highest BCUT2D eigenvalue weighted by Crippen LogP contribution is 2.36. The summed E-state index contributed by atoms with van der Waals surface area (Å²) >= 11 is 6.14. The van der Waals surface area contributed by atoms with Crippen LogP contribution in [0.15, 0.2) is 54.7 Å². The van der Waals surface area contributed by atoms with Crippen molar-refractivity contribution >= 4 is 29.1 Å². The number of hydrogen-bond donors (Lipinski definition) is 1. The van der Waals surface area contributed by atoms with Gasteiger partial charge >= 0.3 is 6.18 Å². The van der Waals surface area contributed by atoms with Crippen LogP contribution in [0, 0.1) is 0 Å². The fourth-order valence-electron chi connectivity index (χ4n) is 3.72. The van der Waals surface area contributed by atoms with Crippen LogP contribution in [0.1, 0.15) is 25.0 Å². The molecule has 2 aromatic carbocycles. The Kier molecular flexibility index (Phi) is 8.22. The van der Waals surface area contributed by atoms with Gasteiger partial charge in [-0.25, -0.2) is 0 Å². The third kappa shape index (κ3) is 7.16. The van der Waals surface area contributed by atoms with E-state index in [1.54, 1.807) is 30.3 Å². The smallest absolute Gasteiger partial charge is 0.435 e. The van der Waals surface area contributed by atoms with Crippen molar-refractivity contribution in [2.45, 2.75) is 32.0 Å². The van der Waals surface area contributed by atoms with Crippen molar-refractivity contribution in [3.05, 3.63) is 65.4 Å². The number of carbonyl (C=O) groups excluding carboxylic acids is 2. The Morgan fingerprint density at radius 1 is 1.05 bits per heavy atom. The van der Waals surface area contributed by atoms with E-state index < -0.39 is 30.2 Å². The number of para-hydroxylation sites is 2. The molecule has 196 valence electrons. The van der Waals surface area contributed by atoms with E-state index in [9.17, 15) is 22.8 Å². The summed E-state index contributed by atoms with van der Waals surface area (Å²) in [7, 11) is 0. The monoisotopic (exact) mass is 536 g/mol. The van der Waals surface area contributed by atoms with E-state index >= 15 is 0 Å². The molecule has 1 N–H and O–H groups in total. The largest absolute Gasteiger partial charge is 0.490 e. The van der Waals surface area contributed by atoms with E-state index in [4.69, 9.17) is 21.1 Å². The number of ether oxygens (including phenoxy) is 2. The fraction of sp³-hybridized carbons (Fsp3) is 0.320. The van der Waals surface area contributed by atoms with Gasteiger partial charge in [-0.15, -0.1) is 0 Å². The second-order valence-corrected chi connectivity index (χ2v) is 8.79. The second kappa shape index (κ2) is 11.5. The summed E-state index contributed by atoms with van der Waals surface area (Å²) in [4.78, 5) is 27.2. The molecule has 0 radical (unpaired) electrons. The van der Waals surface area contributed by atoms with Crippen LogP contribution in [0.3, 0.4) is 0 Å². The first-order valence-electron chi connectivity index (χ1n) is 11.6. The number of halogens is 4. The molecular formula is C25H24ClF3N4O4. The molecule has 0 unspecified atom stereocenters. The molecule has 0 fully saturated rings. The summed E-state index contributed by atoms with van der Waals surface area (Å²) in [5, 5.41) is 6.51. The average molecular weight is 537 g/mol. The van der Waals surface area contributed by atoms with Crippen molar-refractivity contribution in [2.75, 3.05) is 25.0 Å². The van der Waals surface area contributed by atoms with Crippen molar-refractivity contribution < 1.29 is 32.2 Å². The minimum atomic E-state index is -4.62. The molecule has 8 nitrogen and oxygen atoms in total. The normalized spacial score (nSPS) is 15.2. The zero-order chi connectivity index (χ0) is 26.4. The molecule has 1 aromatic heterocycles. The SMILES string of the molecule is O=C1CN(C(=O)Cn2ccc(C(F)(F)F)n2)CCCCCOc2ccccc2Oc2ccc(Cl)cc2N1. The molecular weight excluding hydrogens is 513 g/mol. The molecule has 1 aliphatic rings. The molecule has 3 aromatic rings. The van der Waals surface area contributed by atoms with Crippen molar-refractivity contribution in [3.8, 4) is 17.2 Å². The lowest BCUT2D eigenvalue weighted by Crippen LogP contribution is -2.40. The van der Waals surface area contributed by atoms with Crippen LogP contribution in [-0.4, -0.2) is 46.2 Å². The zero-order valence-corrected chi connectivity index (χ0v) is 20.4. The van der Waals surface area contributed by atoms with Crippen LogP contribution >= 0.6 is 11.6 Å². The molecule has 0 saturated carbocycles. The van der Waals surface area contributed by atoms with Crippen LogP contribution in [0.2, 0.25) is 5.02 Å². The van der Waals surface area contributed by atoms with E-state index in [0.29, 0.717) is 48.1 Å². The first kappa shape index (κ1) is 26.3. The molecule has 0 spiro atoms. The minimum absolute atomic E-state index is 0.231. The Morgan fingerprint density at radius 2 is 1.84 bits per heavy atom. The summed E-state index contributed by atoms with van der Waals surface area (Å²) < 4.78 is 51.4. The molecule has 0 atom stereocenters. The number of benzene rings is 2. The second-order valence-electron chi connectivity index (χ2n) is 8.36. The van der Waals surface area contributed by atoms with Gasteiger partial charge < -0.3 is 19.7 Å². The van der Waals surface area contributed by atoms with Crippen LogP contribution in [-0.2, 0) is 22.3 Å². The van der Waals surface area contributed by atoms with Gasteiger partial charge in [0.25, 0.3) is 0 Å². The van der Waals surface area contributed by atoms with Crippen LogP contribution in [0.5, 0.6) is 17.2 Å². The van der Waals surface area contributed by atoms with Gasteiger partial charge in [-0.3, -0.25) is 14.3 Å². The van der Waals surface area contributed by atoms with Gasteiger partial charge in [0.2, 0.25) is 11.8 Å². The highest BCUT2D eigenvalue weighted by atomic mass is 35.5. The molecule has 4 rings (SSSR count). The predicted molar refractivity (Wildman–Crippen MR) is 130 cm³/mol. The molecule has 37 heavy (non-hydrogen) atoms. The van der Waals surface area contributed by atoms with Gasteiger partial charge in [0.1, 0.15) is 6.54 Å². The fourth-order valence-corrected chi connectivity index (χ4v) is 3.89. The Bertz CT molecular complexity index is 1260. The highest BCUT2D eigenvalue weighted by molar-refractivity contribution is 6.31. The number of nitrogens with zero attached hydrogens (tertiary/aromatic N) is 3. The molecule has 0 bridgehead atoms. The quantitative estimate of drug-likeness (QED) is 0.475. The minimum Gasteiger partial charge on any atom is -0.490 e. The van der Waals surface area contributed by atoms with E-state index in [-0.39, 0.29) is 18.8 Å². The Balaban J connectivity index is 1.54. The topological polar surface area (TPSA) is 85.7 Å². The Morgan fingerprint density at radius 3 is 2.59 bits per heavy atom. The Labute approximate surface area is 215 Å². The third-order valence-corrected chi connectivity index (χ3v) is 5.77. The summed E-state index contributed by atoms with van der Waals surface area (Å²) in [5.41, 5.74) is -0.805. The van der Waals surface area contributed by atoms with Gasteiger partial charge in [0, 0.05) is 17.8 Å². The Hall–Kier alpha value is -3.73. The maximum absolute atomic E-state index is 12.9. The average Bonchev–Trinajstić information content (AvgIpc) is 3.31. The van der Waals surface area contributed by atoms with Gasteiger partial charge in [0.15, 0.2) is 22.9 Å². The number of nitrogens with one attached hydrogen (secondary N) is 1. The number of alkyl halides is 3. The molecule has 1 aliphatic heterocycles. The third-order valence-electron chi connectivity index (χ3n) is 5.53. The van der Waals surface area contributed by atoms with Crippen LogP contribution in [0.4, 0.5) is 18.9 Å². The van der Waals surface area contributed by atoms with E-state index in [1.165, 1.54) is 11.0 Å². The first-order chi connectivity index (χ1) is 17.7. The van der Waals surface area contributed by atoms with Crippen molar-refractivity contribution in [1.82, 2.24) is 14.7 Å². The standard InChI is InChI=1S/C25H24ClF3N4O4/c26-17-8-9-19-18(14-17)30-23(34)15-32(24(35)16-33-12-10-22(31-33)25(27,28)29)11-4-1-5-13-36-20-6-2-3-7-21(20)37-19/h2-3,6-10,12,14H,1,4-5,11,13,15-16H2,(H,30,34). The number of amides is 2. The summed E-state index contributed by atoms with van der Waals surface area (Å²) in [6.45, 7) is -0.111. The summed E-state index contributed by atoms with van der Waals surface area (Å²) in [6.07, 6.45) is -1.59. The number of carbonyl (C=O) groups is 2. The summed E-state index contributed by atoms with van der Waals surface area (Å²) in [6, 6.07) is 12.7. The van der Waals surface area contributed by atoms with Crippen molar-refractivity contribution in [2.24, 2.45) is 0 Å². The maximum atomic E-state index is 12.9. The predicted octanol–water partition coefficient (Wildman–Crippen LogP) is 5.38. The van der Waals surface area contributed by atoms with Gasteiger partial charge in [-0.05, 0) is 55.7 Å². The molecule has 2 heterocycles. The van der Waals surface area contributed by atoms with E-state index in [0.717, 1.165) is 16.9 Å². The van der Waals surface area contributed by atoms with Crippen molar-refractivity contribution in [3.63, 3.8) is 0 Å². The lowest BCUT2D eigenvalue weighted by Gasteiger charge is -2.22. The highest BCUT2D eigenvalue weighted by Gasteiger charge is 2.33. The van der Waals surface area contributed by atoms with Gasteiger partial charge in [-0.1, -0.05) is 23.7 Å². The number of fused-ring (bicyclic) bond motifs is 2. The lowest BCUT2D eigenvalue weighted by molar-refractivity contribution is -0.142. The maximum Gasteiger partial charge on any atom is 0.435 e. The summed E-state index contributed by atoms with van der Waals surface area (Å²) in [5.74, 6) is 0.264. The first-order valence-corrected chi connectivity index (χ1v) is 11.9. The lowest BCUT2D eigenvalue weighted by atomic mass is 10.2. The molecule has 0 saturated heterocycles. The zero-order valence-electron chi connectivity index (χ0n) is 19.6. The molecule has 12 heteroatoms. The molecule has 0 aliphatic carbocycles. The van der Waals surface area contributed by atoms with E-state index in [2.05, 4.69) is 10.4 Å².